The van der Waals surface area contributed by atoms with Gasteiger partial charge in [0.1, 0.15) is 0 Å². The van der Waals surface area contributed by atoms with Crippen molar-refractivity contribution in [3.8, 4) is 0 Å². The van der Waals surface area contributed by atoms with E-state index in [2.05, 4.69) is 20.5 Å². The highest BCUT2D eigenvalue weighted by Crippen LogP contribution is 2.09. The zero-order valence-corrected chi connectivity index (χ0v) is 9.49. The van der Waals surface area contributed by atoms with Gasteiger partial charge >= 0.3 is 0 Å². The Kier molecular flexibility index (Phi) is 3.31. The molecular formula is C10H10N4OS. The number of thioether (sulfide) groups is 1. The average Bonchev–Trinajstić information content (AvgIpc) is 2.73. The predicted molar refractivity (Wildman–Crippen MR) is 64.5 cm³/mol. The molecule has 1 aromatic heterocycles. The van der Waals surface area contributed by atoms with Gasteiger partial charge in [0, 0.05) is 18.0 Å². The van der Waals surface area contributed by atoms with Gasteiger partial charge in [0.05, 0.1) is 11.5 Å². The maximum Gasteiger partial charge on any atom is 0.236 e. The number of pyridine rings is 1. The van der Waals surface area contributed by atoms with Gasteiger partial charge in [-0.2, -0.15) is 5.10 Å². The fraction of sp³-hybridized carbons (Fsp3) is 0.200. The molecule has 0 unspecified atom stereocenters. The van der Waals surface area contributed by atoms with Gasteiger partial charge in [0.15, 0.2) is 5.17 Å². The summed E-state index contributed by atoms with van der Waals surface area (Å²) in [7, 11) is 0. The third-order valence-electron chi connectivity index (χ3n) is 1.98. The highest BCUT2D eigenvalue weighted by Gasteiger charge is 2.16. The van der Waals surface area contributed by atoms with Gasteiger partial charge < -0.3 is 5.32 Å². The first-order chi connectivity index (χ1) is 7.75. The lowest BCUT2D eigenvalue weighted by molar-refractivity contribution is -0.116. The van der Waals surface area contributed by atoms with E-state index in [1.165, 1.54) is 11.8 Å². The van der Waals surface area contributed by atoms with Gasteiger partial charge in [-0.15, -0.1) is 5.10 Å². The van der Waals surface area contributed by atoms with Crippen molar-refractivity contribution in [2.24, 2.45) is 10.2 Å². The van der Waals surface area contributed by atoms with Crippen LogP contribution >= 0.6 is 11.8 Å². The molecule has 16 heavy (non-hydrogen) atoms. The predicted octanol–water partition coefficient (Wildman–Crippen LogP) is 1.02. The van der Waals surface area contributed by atoms with Crippen LogP contribution in [0.3, 0.4) is 0 Å². The van der Waals surface area contributed by atoms with E-state index in [9.17, 15) is 4.79 Å². The Balaban J connectivity index is 2.11. The maximum atomic E-state index is 10.9. The average molecular weight is 234 g/mol. The van der Waals surface area contributed by atoms with E-state index < -0.39 is 0 Å². The van der Waals surface area contributed by atoms with E-state index in [4.69, 9.17) is 0 Å². The van der Waals surface area contributed by atoms with Crippen LogP contribution in [0.4, 0.5) is 0 Å². The molecule has 1 fully saturated rings. The lowest BCUT2D eigenvalue weighted by Gasteiger charge is -1.97. The second kappa shape index (κ2) is 4.89. The highest BCUT2D eigenvalue weighted by molar-refractivity contribution is 8.15. The third kappa shape index (κ3) is 2.66. The van der Waals surface area contributed by atoms with Crippen molar-refractivity contribution in [2.45, 2.75) is 6.92 Å². The smallest absolute Gasteiger partial charge is 0.236 e. The molecule has 0 aliphatic carbocycles. The van der Waals surface area contributed by atoms with Gasteiger partial charge in [-0.1, -0.05) is 11.8 Å². The zero-order valence-electron chi connectivity index (χ0n) is 8.67. The Morgan fingerprint density at radius 1 is 1.50 bits per heavy atom. The Hall–Kier alpha value is -1.69. The normalized spacial score (nSPS) is 18.9. The molecule has 0 radical (unpaired) electrons. The summed E-state index contributed by atoms with van der Waals surface area (Å²) in [5.41, 5.74) is 1.75. The van der Waals surface area contributed by atoms with Gasteiger partial charge in [-0.3, -0.25) is 9.78 Å². The number of hydrogen-bond donors (Lipinski definition) is 1. The molecule has 5 nitrogen and oxygen atoms in total. The van der Waals surface area contributed by atoms with Crippen molar-refractivity contribution >= 4 is 28.5 Å². The Bertz CT molecular complexity index is 455. The van der Waals surface area contributed by atoms with Crippen LogP contribution in [-0.2, 0) is 4.79 Å². The van der Waals surface area contributed by atoms with Crippen LogP contribution in [0.5, 0.6) is 0 Å². The SMILES string of the molecule is CC(=N/N=C1/NC(=O)CS1)c1ccncc1. The standard InChI is InChI=1S/C10H10N4OS/c1-7(8-2-4-11-5-3-8)13-14-10-12-9(15)6-16-10/h2-5H,6H2,1H3,(H,12,14,15). The van der Waals surface area contributed by atoms with Crippen molar-refractivity contribution in [1.82, 2.24) is 10.3 Å². The summed E-state index contributed by atoms with van der Waals surface area (Å²) in [5.74, 6) is 0.392. The first kappa shape index (κ1) is 10.8. The first-order valence-corrected chi connectivity index (χ1v) is 5.69. The Labute approximate surface area is 97.1 Å². The number of nitrogens with zero attached hydrogens (tertiary/aromatic N) is 3. The minimum Gasteiger partial charge on any atom is -0.303 e. The van der Waals surface area contributed by atoms with Crippen molar-refractivity contribution in [3.05, 3.63) is 30.1 Å². The van der Waals surface area contributed by atoms with Crippen LogP contribution in [0.1, 0.15) is 12.5 Å². The second-order valence-corrected chi connectivity index (χ2v) is 4.13. The number of carbonyl (C=O) groups is 1. The number of aromatic nitrogens is 1. The quantitative estimate of drug-likeness (QED) is 0.613. The minimum atomic E-state index is -0.0273. The molecule has 1 aromatic rings. The van der Waals surface area contributed by atoms with Crippen LogP contribution in [0, 0.1) is 0 Å². The number of amides is 1. The molecule has 1 N–H and O–H groups in total. The van der Waals surface area contributed by atoms with Gasteiger partial charge in [0.2, 0.25) is 5.91 Å². The fourth-order valence-corrected chi connectivity index (χ4v) is 1.78. The van der Waals surface area contributed by atoms with Crippen molar-refractivity contribution in [3.63, 3.8) is 0 Å². The fourth-order valence-electron chi connectivity index (χ4n) is 1.15. The molecule has 2 rings (SSSR count). The number of rotatable bonds is 2. The largest absolute Gasteiger partial charge is 0.303 e. The third-order valence-corrected chi connectivity index (χ3v) is 2.84. The van der Waals surface area contributed by atoms with Crippen LogP contribution in [-0.4, -0.2) is 27.5 Å². The summed E-state index contributed by atoms with van der Waals surface area (Å²) in [6.07, 6.45) is 3.40. The van der Waals surface area contributed by atoms with Gasteiger partial charge in [-0.25, -0.2) is 0 Å². The van der Waals surface area contributed by atoms with E-state index in [0.717, 1.165) is 11.3 Å². The van der Waals surface area contributed by atoms with E-state index in [1.807, 2.05) is 19.1 Å². The van der Waals surface area contributed by atoms with Crippen LogP contribution in [0.25, 0.3) is 0 Å². The monoisotopic (exact) mass is 234 g/mol. The summed E-state index contributed by atoms with van der Waals surface area (Å²) >= 11 is 1.36. The summed E-state index contributed by atoms with van der Waals surface area (Å²) in [6, 6.07) is 3.72. The number of amidine groups is 1. The molecule has 6 heteroatoms. The molecule has 0 spiro atoms. The minimum absolute atomic E-state index is 0.0273. The summed E-state index contributed by atoms with van der Waals surface area (Å²) in [5, 5.41) is 11.2. The summed E-state index contributed by atoms with van der Waals surface area (Å²) < 4.78 is 0. The van der Waals surface area contributed by atoms with E-state index in [1.54, 1.807) is 12.4 Å². The van der Waals surface area contributed by atoms with Gasteiger partial charge in [-0.05, 0) is 19.1 Å². The molecule has 82 valence electrons. The Morgan fingerprint density at radius 3 is 2.88 bits per heavy atom. The molecule has 0 saturated carbocycles. The number of hydrogen-bond acceptors (Lipinski definition) is 5. The molecule has 1 amide bonds. The first-order valence-electron chi connectivity index (χ1n) is 4.71. The van der Waals surface area contributed by atoms with Crippen molar-refractivity contribution in [2.75, 3.05) is 5.75 Å². The maximum absolute atomic E-state index is 10.9. The Morgan fingerprint density at radius 2 is 2.25 bits per heavy atom. The summed E-state index contributed by atoms with van der Waals surface area (Å²) in [6.45, 7) is 1.86. The molecule has 0 aromatic carbocycles. The molecule has 0 atom stereocenters. The number of carbonyl (C=O) groups excluding carboxylic acids is 1. The second-order valence-electron chi connectivity index (χ2n) is 3.16. The molecule has 2 heterocycles. The van der Waals surface area contributed by atoms with E-state index in [-0.39, 0.29) is 5.91 Å². The number of nitrogens with one attached hydrogen (secondary N) is 1. The van der Waals surface area contributed by atoms with E-state index >= 15 is 0 Å². The topological polar surface area (TPSA) is 66.7 Å². The lowest BCUT2D eigenvalue weighted by Crippen LogP contribution is -2.19. The van der Waals surface area contributed by atoms with Gasteiger partial charge in [0.25, 0.3) is 0 Å². The van der Waals surface area contributed by atoms with E-state index in [0.29, 0.717) is 10.9 Å². The van der Waals surface area contributed by atoms with Crippen LogP contribution < -0.4 is 5.32 Å². The van der Waals surface area contributed by atoms with Crippen LogP contribution in [0.15, 0.2) is 34.7 Å². The van der Waals surface area contributed by atoms with Crippen molar-refractivity contribution in [1.29, 1.82) is 0 Å². The molecule has 1 saturated heterocycles. The highest BCUT2D eigenvalue weighted by atomic mass is 32.2. The molecular weight excluding hydrogens is 224 g/mol. The lowest BCUT2D eigenvalue weighted by atomic mass is 10.2. The molecule has 1 aliphatic rings. The zero-order chi connectivity index (χ0) is 11.4. The van der Waals surface area contributed by atoms with Crippen molar-refractivity contribution < 1.29 is 4.79 Å². The van der Waals surface area contributed by atoms with Crippen LogP contribution in [0.2, 0.25) is 0 Å². The summed E-state index contributed by atoms with van der Waals surface area (Å²) in [4.78, 5) is 14.8. The molecule has 0 bridgehead atoms. The molecule has 1 aliphatic heterocycles.